The van der Waals surface area contributed by atoms with Gasteiger partial charge in [0.15, 0.2) is 11.0 Å². The van der Waals surface area contributed by atoms with Crippen LogP contribution in [0.3, 0.4) is 0 Å². The van der Waals surface area contributed by atoms with Crippen LogP contribution in [0.15, 0.2) is 88.5 Å². The first-order chi connectivity index (χ1) is 16.4. The second-order valence-electron chi connectivity index (χ2n) is 7.43. The van der Waals surface area contributed by atoms with Crippen LogP contribution in [0.1, 0.15) is 34.7 Å². The number of non-ortho nitro benzene ring substituents is 1. The Kier molecular flexibility index (Phi) is 7.39. The number of nitrogens with one attached hydrogen (secondary N) is 1. The van der Waals surface area contributed by atoms with Crippen LogP contribution >= 0.6 is 27.7 Å². The van der Waals surface area contributed by atoms with Crippen LogP contribution in [-0.4, -0.2) is 25.6 Å². The van der Waals surface area contributed by atoms with Crippen molar-refractivity contribution in [3.8, 4) is 5.69 Å². The normalized spacial score (nSPS) is 11.7. The van der Waals surface area contributed by atoms with Gasteiger partial charge in [-0.2, -0.15) is 0 Å². The Hall–Kier alpha value is -3.50. The van der Waals surface area contributed by atoms with Gasteiger partial charge < -0.3 is 5.32 Å². The number of nitro groups is 1. The molecule has 0 aliphatic heterocycles. The molecule has 34 heavy (non-hydrogen) atoms. The third-order valence-corrected chi connectivity index (χ3v) is 6.50. The Morgan fingerprint density at radius 3 is 2.50 bits per heavy atom. The van der Waals surface area contributed by atoms with E-state index in [0.717, 1.165) is 10.0 Å². The van der Waals surface area contributed by atoms with E-state index in [2.05, 4.69) is 31.4 Å². The molecule has 3 aromatic carbocycles. The molecule has 0 saturated carbocycles. The predicted octanol–water partition coefficient (Wildman–Crippen LogP) is 5.72. The first-order valence-electron chi connectivity index (χ1n) is 10.4. The fourth-order valence-corrected chi connectivity index (χ4v) is 4.63. The highest BCUT2D eigenvalue weighted by Crippen LogP contribution is 2.28. The number of nitrogens with zero attached hydrogens (tertiary/aromatic N) is 4. The molecule has 0 saturated heterocycles. The average Bonchev–Trinajstić information content (AvgIpc) is 3.27. The summed E-state index contributed by atoms with van der Waals surface area (Å²) < 4.78 is 2.63. The SMILES string of the molecule is CC(NC(=O)c1cccc(Br)c1)c1nnc(SCc2ccccc2)n1-c1ccc([N+](=O)[O-])cc1. The molecule has 1 atom stereocenters. The fraction of sp³-hybridized carbons (Fsp3) is 0.125. The van der Waals surface area contributed by atoms with E-state index in [9.17, 15) is 14.9 Å². The lowest BCUT2D eigenvalue weighted by Crippen LogP contribution is -2.28. The van der Waals surface area contributed by atoms with Crippen molar-refractivity contribution in [2.24, 2.45) is 0 Å². The third-order valence-electron chi connectivity index (χ3n) is 5.01. The lowest BCUT2D eigenvalue weighted by molar-refractivity contribution is -0.384. The summed E-state index contributed by atoms with van der Waals surface area (Å²) in [6.07, 6.45) is 0. The maximum atomic E-state index is 12.8. The monoisotopic (exact) mass is 537 g/mol. The number of hydrogen-bond donors (Lipinski definition) is 1. The number of benzene rings is 3. The molecule has 0 bridgehead atoms. The molecule has 172 valence electrons. The standard InChI is InChI=1S/C24H20BrN5O3S/c1-16(26-23(31)18-8-5-9-19(25)14-18)22-27-28-24(34-15-17-6-3-2-4-7-17)29(22)20-10-12-21(13-11-20)30(32)33/h2-14,16H,15H2,1H3,(H,26,31). The number of aromatic nitrogens is 3. The summed E-state index contributed by atoms with van der Waals surface area (Å²) in [7, 11) is 0. The summed E-state index contributed by atoms with van der Waals surface area (Å²) in [6, 6.07) is 22.8. The van der Waals surface area contributed by atoms with Gasteiger partial charge in [-0.1, -0.05) is 64.1 Å². The Labute approximate surface area is 208 Å². The van der Waals surface area contributed by atoms with Crippen molar-refractivity contribution in [2.45, 2.75) is 23.9 Å². The first-order valence-corrected chi connectivity index (χ1v) is 12.1. The number of halogens is 1. The molecule has 0 aliphatic carbocycles. The van der Waals surface area contributed by atoms with Crippen LogP contribution in [-0.2, 0) is 5.75 Å². The van der Waals surface area contributed by atoms with Crippen LogP contribution in [0.4, 0.5) is 5.69 Å². The Bertz CT molecular complexity index is 1310. The van der Waals surface area contributed by atoms with E-state index in [1.807, 2.05) is 47.9 Å². The lowest BCUT2D eigenvalue weighted by Gasteiger charge is -2.16. The molecule has 1 heterocycles. The Morgan fingerprint density at radius 2 is 1.82 bits per heavy atom. The number of nitro benzene ring substituents is 1. The van der Waals surface area contributed by atoms with E-state index in [1.54, 1.807) is 30.3 Å². The van der Waals surface area contributed by atoms with Crippen LogP contribution in [0.5, 0.6) is 0 Å². The van der Waals surface area contributed by atoms with Gasteiger partial charge in [0.1, 0.15) is 0 Å². The summed E-state index contributed by atoms with van der Waals surface area (Å²) in [5.41, 5.74) is 2.31. The summed E-state index contributed by atoms with van der Waals surface area (Å²) >= 11 is 4.88. The molecule has 8 nitrogen and oxygen atoms in total. The van der Waals surface area contributed by atoms with E-state index >= 15 is 0 Å². The van der Waals surface area contributed by atoms with Gasteiger partial charge in [0.25, 0.3) is 11.6 Å². The molecular weight excluding hydrogens is 518 g/mol. The van der Waals surface area contributed by atoms with Crippen molar-refractivity contribution in [1.82, 2.24) is 20.1 Å². The molecule has 0 spiro atoms. The van der Waals surface area contributed by atoms with Gasteiger partial charge >= 0.3 is 0 Å². The van der Waals surface area contributed by atoms with Crippen molar-refractivity contribution in [3.63, 3.8) is 0 Å². The molecule has 10 heteroatoms. The highest BCUT2D eigenvalue weighted by molar-refractivity contribution is 9.10. The van der Waals surface area contributed by atoms with Gasteiger partial charge in [0.05, 0.1) is 11.0 Å². The number of carbonyl (C=O) groups excluding carboxylic acids is 1. The minimum atomic E-state index is -0.472. The predicted molar refractivity (Wildman–Crippen MR) is 134 cm³/mol. The van der Waals surface area contributed by atoms with Gasteiger partial charge in [0, 0.05) is 33.6 Å². The lowest BCUT2D eigenvalue weighted by atomic mass is 10.2. The van der Waals surface area contributed by atoms with Crippen molar-refractivity contribution < 1.29 is 9.72 Å². The second kappa shape index (κ2) is 10.6. The van der Waals surface area contributed by atoms with Crippen molar-refractivity contribution in [3.05, 3.63) is 110 Å². The van der Waals surface area contributed by atoms with Gasteiger partial charge in [-0.15, -0.1) is 10.2 Å². The number of thioether (sulfide) groups is 1. The quantitative estimate of drug-likeness (QED) is 0.175. The molecule has 1 unspecified atom stereocenters. The molecule has 4 rings (SSSR count). The summed E-state index contributed by atoms with van der Waals surface area (Å²) in [4.78, 5) is 23.5. The van der Waals surface area contributed by atoms with Crippen LogP contribution in [0.25, 0.3) is 5.69 Å². The smallest absolute Gasteiger partial charge is 0.269 e. The molecule has 0 radical (unpaired) electrons. The van der Waals surface area contributed by atoms with Crippen molar-refractivity contribution >= 4 is 39.3 Å². The fourth-order valence-electron chi connectivity index (χ4n) is 3.32. The molecule has 0 fully saturated rings. The van der Waals surface area contributed by atoms with E-state index in [1.165, 1.54) is 23.9 Å². The molecular formula is C24H20BrN5O3S. The third kappa shape index (κ3) is 5.52. The van der Waals surface area contributed by atoms with E-state index in [0.29, 0.717) is 28.0 Å². The van der Waals surface area contributed by atoms with Gasteiger partial charge in [0.2, 0.25) is 0 Å². The molecule has 0 aliphatic rings. The Balaban J connectivity index is 1.64. The highest BCUT2D eigenvalue weighted by Gasteiger charge is 2.22. The second-order valence-corrected chi connectivity index (χ2v) is 9.29. The molecule has 1 amide bonds. The Morgan fingerprint density at radius 1 is 1.09 bits per heavy atom. The van der Waals surface area contributed by atoms with E-state index in [-0.39, 0.29) is 11.6 Å². The molecule has 4 aromatic rings. The van der Waals surface area contributed by atoms with Crippen LogP contribution < -0.4 is 5.32 Å². The van der Waals surface area contributed by atoms with Gasteiger partial charge in [-0.05, 0) is 42.8 Å². The molecule has 1 aromatic heterocycles. The van der Waals surface area contributed by atoms with Gasteiger partial charge in [-0.25, -0.2) is 0 Å². The topological polar surface area (TPSA) is 103 Å². The van der Waals surface area contributed by atoms with Crippen molar-refractivity contribution in [1.29, 1.82) is 0 Å². The minimum absolute atomic E-state index is 0.00660. The summed E-state index contributed by atoms with van der Waals surface area (Å²) in [6.45, 7) is 1.83. The van der Waals surface area contributed by atoms with Crippen LogP contribution in [0, 0.1) is 10.1 Å². The number of carbonyl (C=O) groups is 1. The van der Waals surface area contributed by atoms with Crippen molar-refractivity contribution in [2.75, 3.05) is 0 Å². The van der Waals surface area contributed by atoms with E-state index in [4.69, 9.17) is 0 Å². The number of amides is 1. The maximum Gasteiger partial charge on any atom is 0.269 e. The summed E-state index contributed by atoms with van der Waals surface area (Å²) in [5, 5.41) is 23.4. The van der Waals surface area contributed by atoms with Gasteiger partial charge in [-0.3, -0.25) is 19.5 Å². The number of rotatable bonds is 8. The number of hydrogen-bond acceptors (Lipinski definition) is 6. The largest absolute Gasteiger partial charge is 0.342 e. The zero-order chi connectivity index (χ0) is 24.1. The summed E-state index contributed by atoms with van der Waals surface area (Å²) in [5.74, 6) is 0.948. The van der Waals surface area contributed by atoms with Crippen LogP contribution in [0.2, 0.25) is 0 Å². The molecule has 1 N–H and O–H groups in total. The van der Waals surface area contributed by atoms with E-state index < -0.39 is 11.0 Å². The average molecular weight is 538 g/mol. The maximum absolute atomic E-state index is 12.8. The minimum Gasteiger partial charge on any atom is -0.342 e. The zero-order valence-corrected chi connectivity index (χ0v) is 20.5. The highest BCUT2D eigenvalue weighted by atomic mass is 79.9. The first kappa shape index (κ1) is 23.7. The zero-order valence-electron chi connectivity index (χ0n) is 18.1.